The summed E-state index contributed by atoms with van der Waals surface area (Å²) >= 11 is 3.45. The van der Waals surface area contributed by atoms with Crippen LogP contribution >= 0.6 is 15.9 Å². The lowest BCUT2D eigenvalue weighted by Crippen LogP contribution is -2.36. The van der Waals surface area contributed by atoms with Crippen molar-refractivity contribution in [3.8, 4) is 0 Å². The van der Waals surface area contributed by atoms with Crippen molar-refractivity contribution in [3.05, 3.63) is 28.2 Å². The normalized spacial score (nSPS) is 23.1. The first-order valence-corrected chi connectivity index (χ1v) is 7.65. The van der Waals surface area contributed by atoms with E-state index in [9.17, 15) is 0 Å². The van der Waals surface area contributed by atoms with E-state index in [1.807, 2.05) is 12.1 Å². The summed E-state index contributed by atoms with van der Waals surface area (Å²) in [6.07, 6.45) is 5.09. The van der Waals surface area contributed by atoms with Crippen molar-refractivity contribution in [2.45, 2.75) is 38.6 Å². The highest BCUT2D eigenvalue weighted by Crippen LogP contribution is 2.32. The van der Waals surface area contributed by atoms with Crippen molar-refractivity contribution in [1.82, 2.24) is 0 Å². The zero-order valence-electron chi connectivity index (χ0n) is 11.6. The lowest BCUT2D eigenvalue weighted by molar-refractivity contribution is 0.336. The van der Waals surface area contributed by atoms with E-state index < -0.39 is 0 Å². The van der Waals surface area contributed by atoms with Gasteiger partial charge in [-0.25, -0.2) is 0 Å². The summed E-state index contributed by atoms with van der Waals surface area (Å²) in [6.45, 7) is 2.33. The van der Waals surface area contributed by atoms with Crippen molar-refractivity contribution in [2.75, 3.05) is 11.9 Å². The van der Waals surface area contributed by atoms with Gasteiger partial charge < -0.3 is 10.6 Å². The molecule has 0 aliphatic heterocycles. The van der Waals surface area contributed by atoms with Crippen molar-refractivity contribution in [1.29, 1.82) is 5.41 Å². The number of hydrogen-bond donors (Lipinski definition) is 2. The molecule has 0 radical (unpaired) electrons. The number of nitrogens with one attached hydrogen (secondary N) is 1. The van der Waals surface area contributed by atoms with Gasteiger partial charge in [0.2, 0.25) is 0 Å². The number of nitrogens with two attached hydrogens (primary N) is 1. The Morgan fingerprint density at radius 1 is 1.42 bits per heavy atom. The number of hydrogen-bond acceptors (Lipinski definition) is 2. The highest BCUT2D eigenvalue weighted by atomic mass is 79.9. The molecule has 0 saturated heterocycles. The monoisotopic (exact) mass is 323 g/mol. The third-order valence-corrected chi connectivity index (χ3v) is 4.58. The number of rotatable bonds is 3. The number of benzene rings is 1. The van der Waals surface area contributed by atoms with Gasteiger partial charge in [-0.1, -0.05) is 35.7 Å². The standard InChI is InChI=1S/C15H22BrN3/c1-10-4-3-5-12(8-10)19(2)14-7-6-11(16)9-13(14)15(17)18/h6-7,9-10,12H,3-5,8H2,1-2H3,(H3,17,18). The molecule has 19 heavy (non-hydrogen) atoms. The van der Waals surface area contributed by atoms with E-state index in [2.05, 4.69) is 40.9 Å². The van der Waals surface area contributed by atoms with Gasteiger partial charge in [0, 0.05) is 28.8 Å². The predicted octanol–water partition coefficient (Wildman–Crippen LogP) is 3.75. The van der Waals surface area contributed by atoms with Gasteiger partial charge in [-0.2, -0.15) is 0 Å². The van der Waals surface area contributed by atoms with Gasteiger partial charge in [0.05, 0.1) is 0 Å². The average Bonchev–Trinajstić information content (AvgIpc) is 2.37. The highest BCUT2D eigenvalue weighted by molar-refractivity contribution is 9.10. The van der Waals surface area contributed by atoms with Crippen LogP contribution in [0.15, 0.2) is 22.7 Å². The zero-order chi connectivity index (χ0) is 14.0. The maximum absolute atomic E-state index is 7.75. The molecule has 1 aromatic carbocycles. The van der Waals surface area contributed by atoms with Gasteiger partial charge in [-0.15, -0.1) is 0 Å². The van der Waals surface area contributed by atoms with Crippen LogP contribution in [0.2, 0.25) is 0 Å². The number of nitrogens with zero attached hydrogens (tertiary/aromatic N) is 1. The van der Waals surface area contributed by atoms with E-state index in [1.54, 1.807) is 0 Å². The number of halogens is 1. The number of nitrogen functional groups attached to an aromatic ring is 1. The minimum absolute atomic E-state index is 0.131. The first kappa shape index (κ1) is 14.4. The molecule has 3 nitrogen and oxygen atoms in total. The summed E-state index contributed by atoms with van der Waals surface area (Å²) in [4.78, 5) is 2.30. The molecule has 0 amide bonds. The Balaban J connectivity index is 2.27. The maximum atomic E-state index is 7.75. The Hall–Kier alpha value is -1.03. The van der Waals surface area contributed by atoms with Crippen LogP contribution in [0, 0.1) is 11.3 Å². The molecule has 0 aromatic heterocycles. The molecule has 104 valence electrons. The molecular weight excluding hydrogens is 302 g/mol. The van der Waals surface area contributed by atoms with Crippen LogP contribution in [-0.4, -0.2) is 18.9 Å². The van der Waals surface area contributed by atoms with Gasteiger partial charge in [0.1, 0.15) is 5.84 Å². The third-order valence-electron chi connectivity index (χ3n) is 4.09. The van der Waals surface area contributed by atoms with Crippen molar-refractivity contribution < 1.29 is 0 Å². The van der Waals surface area contributed by atoms with Crippen molar-refractivity contribution in [3.63, 3.8) is 0 Å². The Morgan fingerprint density at radius 3 is 2.79 bits per heavy atom. The Labute approximate surface area is 123 Å². The molecule has 3 N–H and O–H groups in total. The Bertz CT molecular complexity index is 472. The van der Waals surface area contributed by atoms with Crippen LogP contribution in [0.4, 0.5) is 5.69 Å². The van der Waals surface area contributed by atoms with E-state index in [1.165, 1.54) is 25.7 Å². The molecule has 0 heterocycles. The molecule has 1 aliphatic carbocycles. The van der Waals surface area contributed by atoms with Crippen LogP contribution in [0.25, 0.3) is 0 Å². The van der Waals surface area contributed by atoms with Crippen LogP contribution in [0.1, 0.15) is 38.2 Å². The molecule has 0 spiro atoms. The highest BCUT2D eigenvalue weighted by Gasteiger charge is 2.24. The SMILES string of the molecule is CC1CCCC(N(C)c2ccc(Br)cc2C(=N)N)C1. The lowest BCUT2D eigenvalue weighted by atomic mass is 9.86. The molecule has 1 saturated carbocycles. The summed E-state index contributed by atoms with van der Waals surface area (Å²) in [5, 5.41) is 7.75. The second-order valence-corrected chi connectivity index (χ2v) is 6.53. The summed E-state index contributed by atoms with van der Waals surface area (Å²) in [7, 11) is 2.12. The topological polar surface area (TPSA) is 53.1 Å². The van der Waals surface area contributed by atoms with E-state index in [0.29, 0.717) is 6.04 Å². The third kappa shape index (κ3) is 3.30. The zero-order valence-corrected chi connectivity index (χ0v) is 13.2. The molecule has 2 rings (SSSR count). The van der Waals surface area contributed by atoms with Gasteiger partial charge in [-0.3, -0.25) is 5.41 Å². The molecule has 0 bridgehead atoms. The average molecular weight is 324 g/mol. The number of amidine groups is 1. The van der Waals surface area contributed by atoms with Crippen molar-refractivity contribution >= 4 is 27.5 Å². The lowest BCUT2D eigenvalue weighted by Gasteiger charge is -2.36. The van der Waals surface area contributed by atoms with Gasteiger partial charge >= 0.3 is 0 Å². The first-order valence-electron chi connectivity index (χ1n) is 6.86. The predicted molar refractivity (Wildman–Crippen MR) is 85.0 cm³/mol. The Kier molecular flexibility index (Phi) is 4.50. The summed E-state index contributed by atoms with van der Waals surface area (Å²) < 4.78 is 0.965. The van der Waals surface area contributed by atoms with Gasteiger partial charge in [-0.05, 0) is 37.0 Å². The van der Waals surface area contributed by atoms with Gasteiger partial charge in [0.15, 0.2) is 0 Å². The molecule has 1 aromatic rings. The minimum atomic E-state index is 0.131. The fourth-order valence-corrected chi connectivity index (χ4v) is 3.34. The first-order chi connectivity index (χ1) is 8.99. The second-order valence-electron chi connectivity index (χ2n) is 5.61. The quantitative estimate of drug-likeness (QED) is 0.657. The molecular formula is C15H22BrN3. The molecule has 1 aliphatic rings. The van der Waals surface area contributed by atoms with E-state index in [4.69, 9.17) is 11.1 Å². The second kappa shape index (κ2) is 5.95. The number of anilines is 1. The van der Waals surface area contributed by atoms with E-state index in [0.717, 1.165) is 21.6 Å². The molecule has 1 fully saturated rings. The largest absolute Gasteiger partial charge is 0.384 e. The van der Waals surface area contributed by atoms with E-state index >= 15 is 0 Å². The van der Waals surface area contributed by atoms with Gasteiger partial charge in [0.25, 0.3) is 0 Å². The molecule has 2 unspecified atom stereocenters. The Morgan fingerprint density at radius 2 is 2.16 bits per heavy atom. The fraction of sp³-hybridized carbons (Fsp3) is 0.533. The molecule has 4 heteroatoms. The van der Waals surface area contributed by atoms with E-state index in [-0.39, 0.29) is 5.84 Å². The molecule has 2 atom stereocenters. The van der Waals surface area contributed by atoms with Crippen LogP contribution < -0.4 is 10.6 Å². The smallest absolute Gasteiger partial charge is 0.124 e. The minimum Gasteiger partial charge on any atom is -0.384 e. The van der Waals surface area contributed by atoms with Crippen LogP contribution in [0.5, 0.6) is 0 Å². The van der Waals surface area contributed by atoms with Crippen LogP contribution in [0.3, 0.4) is 0 Å². The summed E-state index contributed by atoms with van der Waals surface area (Å²) in [5.74, 6) is 0.921. The van der Waals surface area contributed by atoms with Crippen molar-refractivity contribution in [2.24, 2.45) is 11.7 Å². The fourth-order valence-electron chi connectivity index (χ4n) is 2.98. The maximum Gasteiger partial charge on any atom is 0.124 e. The summed E-state index contributed by atoms with van der Waals surface area (Å²) in [5.41, 5.74) is 7.59. The van der Waals surface area contributed by atoms with Crippen LogP contribution in [-0.2, 0) is 0 Å². The summed E-state index contributed by atoms with van der Waals surface area (Å²) in [6, 6.07) is 6.56.